The molecule has 0 spiro atoms. The maximum Gasteiger partial charge on any atom is 0.150 e. The van der Waals surface area contributed by atoms with Gasteiger partial charge in [0, 0.05) is 12.2 Å². The quantitative estimate of drug-likeness (QED) is 0.684. The highest BCUT2D eigenvalue weighted by Crippen LogP contribution is 2.08. The topological polar surface area (TPSA) is 37.3 Å². The van der Waals surface area contributed by atoms with Gasteiger partial charge in [-0.15, -0.1) is 0 Å². The maximum atomic E-state index is 10.5. The number of benzene rings is 1. The Hall–Kier alpha value is -1.15. The lowest BCUT2D eigenvalue weighted by Crippen LogP contribution is -1.93. The minimum atomic E-state index is 0.127. The summed E-state index contributed by atoms with van der Waals surface area (Å²) < 4.78 is 0. The molecule has 1 aromatic rings. The first-order valence-electron chi connectivity index (χ1n) is 3.93. The van der Waals surface area contributed by atoms with Crippen LogP contribution in [0.5, 0.6) is 0 Å². The lowest BCUT2D eigenvalue weighted by atomic mass is 10.1. The molecule has 0 atom stereocenters. The van der Waals surface area contributed by atoms with Crippen molar-refractivity contribution >= 4 is 6.29 Å². The molecular weight excluding hydrogens is 152 g/mol. The Bertz CT molecular complexity index is 279. The number of hydrogen-bond donors (Lipinski definition) is 1. The van der Waals surface area contributed by atoms with E-state index in [1.165, 1.54) is 0 Å². The van der Waals surface area contributed by atoms with Crippen LogP contribution < -0.4 is 0 Å². The fourth-order valence-electron chi connectivity index (χ4n) is 1.24. The van der Waals surface area contributed by atoms with Gasteiger partial charge in [-0.1, -0.05) is 11.6 Å². The van der Waals surface area contributed by atoms with Gasteiger partial charge in [0.1, 0.15) is 6.29 Å². The van der Waals surface area contributed by atoms with E-state index in [1.54, 1.807) is 6.07 Å². The van der Waals surface area contributed by atoms with Crippen LogP contribution in [-0.4, -0.2) is 18.0 Å². The Morgan fingerprint density at radius 1 is 1.42 bits per heavy atom. The van der Waals surface area contributed by atoms with Crippen LogP contribution in [-0.2, 0) is 6.42 Å². The number of rotatable bonds is 3. The minimum absolute atomic E-state index is 0.127. The summed E-state index contributed by atoms with van der Waals surface area (Å²) in [5, 5.41) is 8.69. The molecule has 0 fully saturated rings. The third-order valence-corrected chi connectivity index (χ3v) is 1.70. The lowest BCUT2D eigenvalue weighted by molar-refractivity contribution is 0.112. The summed E-state index contributed by atoms with van der Waals surface area (Å²) in [6.45, 7) is 2.07. The van der Waals surface area contributed by atoms with Gasteiger partial charge in [0.05, 0.1) is 0 Å². The summed E-state index contributed by atoms with van der Waals surface area (Å²) >= 11 is 0. The van der Waals surface area contributed by atoms with Crippen LogP contribution in [0.3, 0.4) is 0 Å². The largest absolute Gasteiger partial charge is 0.396 e. The predicted octanol–water partition coefficient (Wildman–Crippen LogP) is 1.34. The van der Waals surface area contributed by atoms with Crippen molar-refractivity contribution in [3.05, 3.63) is 34.9 Å². The molecule has 0 unspecified atom stereocenters. The second-order valence-electron chi connectivity index (χ2n) is 2.84. The van der Waals surface area contributed by atoms with E-state index in [2.05, 4.69) is 0 Å². The van der Waals surface area contributed by atoms with E-state index in [1.807, 2.05) is 19.1 Å². The van der Waals surface area contributed by atoms with Crippen LogP contribution in [0.4, 0.5) is 0 Å². The van der Waals surface area contributed by atoms with E-state index in [0.29, 0.717) is 12.0 Å². The monoisotopic (exact) mass is 164 g/mol. The Morgan fingerprint density at radius 3 is 2.75 bits per heavy atom. The van der Waals surface area contributed by atoms with Crippen LogP contribution in [0.1, 0.15) is 21.5 Å². The van der Waals surface area contributed by atoms with Gasteiger partial charge >= 0.3 is 0 Å². The van der Waals surface area contributed by atoms with Crippen molar-refractivity contribution < 1.29 is 9.90 Å². The van der Waals surface area contributed by atoms with E-state index < -0.39 is 0 Å². The van der Waals surface area contributed by atoms with Crippen molar-refractivity contribution in [3.63, 3.8) is 0 Å². The summed E-state index contributed by atoms with van der Waals surface area (Å²) in [6, 6.07) is 5.60. The van der Waals surface area contributed by atoms with Crippen molar-refractivity contribution in [2.75, 3.05) is 6.61 Å². The fourth-order valence-corrected chi connectivity index (χ4v) is 1.24. The molecular formula is C10H12O2. The molecule has 12 heavy (non-hydrogen) atoms. The van der Waals surface area contributed by atoms with Crippen molar-refractivity contribution in [1.29, 1.82) is 0 Å². The minimum Gasteiger partial charge on any atom is -0.396 e. The van der Waals surface area contributed by atoms with Gasteiger partial charge in [0.25, 0.3) is 0 Å². The fraction of sp³-hybridized carbons (Fsp3) is 0.300. The van der Waals surface area contributed by atoms with Crippen LogP contribution in [0.25, 0.3) is 0 Å². The molecule has 0 bridgehead atoms. The van der Waals surface area contributed by atoms with Crippen molar-refractivity contribution in [2.45, 2.75) is 13.3 Å². The van der Waals surface area contributed by atoms with E-state index in [0.717, 1.165) is 17.4 Å². The Kier molecular flexibility index (Phi) is 3.00. The van der Waals surface area contributed by atoms with E-state index in [-0.39, 0.29) is 6.61 Å². The Morgan fingerprint density at radius 2 is 2.17 bits per heavy atom. The molecule has 0 radical (unpaired) electrons. The second-order valence-corrected chi connectivity index (χ2v) is 2.84. The Labute approximate surface area is 71.8 Å². The van der Waals surface area contributed by atoms with Crippen molar-refractivity contribution in [1.82, 2.24) is 0 Å². The highest BCUT2D eigenvalue weighted by Gasteiger charge is 1.96. The van der Waals surface area contributed by atoms with Gasteiger partial charge in [-0.2, -0.15) is 0 Å². The standard InChI is InChI=1S/C10H12O2/c1-8-4-9(2-3-11)6-10(5-8)7-12/h4-7,11H,2-3H2,1H3. The number of aliphatic hydroxyl groups excluding tert-OH is 1. The number of aldehydes is 1. The highest BCUT2D eigenvalue weighted by molar-refractivity contribution is 5.75. The molecule has 1 aromatic carbocycles. The summed E-state index contributed by atoms with van der Waals surface area (Å²) in [7, 11) is 0. The number of carbonyl (C=O) groups excluding carboxylic acids is 1. The van der Waals surface area contributed by atoms with Gasteiger partial charge < -0.3 is 5.11 Å². The molecule has 0 aromatic heterocycles. The molecule has 0 heterocycles. The molecule has 0 aliphatic rings. The average Bonchev–Trinajstić information content (AvgIpc) is 2.04. The molecule has 0 aliphatic carbocycles. The lowest BCUT2D eigenvalue weighted by Gasteiger charge is -2.01. The zero-order chi connectivity index (χ0) is 8.97. The molecule has 1 rings (SSSR count). The molecule has 0 aliphatic heterocycles. The number of aliphatic hydroxyl groups is 1. The van der Waals surface area contributed by atoms with E-state index in [9.17, 15) is 4.79 Å². The molecule has 0 saturated carbocycles. The van der Waals surface area contributed by atoms with Crippen LogP contribution >= 0.6 is 0 Å². The maximum absolute atomic E-state index is 10.5. The number of carbonyl (C=O) groups is 1. The van der Waals surface area contributed by atoms with Gasteiger partial charge in [-0.05, 0) is 31.0 Å². The molecule has 1 N–H and O–H groups in total. The highest BCUT2D eigenvalue weighted by atomic mass is 16.2. The smallest absolute Gasteiger partial charge is 0.150 e. The first-order valence-corrected chi connectivity index (χ1v) is 3.93. The summed E-state index contributed by atoms with van der Waals surface area (Å²) in [5.41, 5.74) is 2.75. The van der Waals surface area contributed by atoms with Gasteiger partial charge in [0.2, 0.25) is 0 Å². The first kappa shape index (κ1) is 8.94. The van der Waals surface area contributed by atoms with E-state index >= 15 is 0 Å². The molecule has 0 saturated heterocycles. The first-order chi connectivity index (χ1) is 5.76. The molecule has 2 heteroatoms. The third kappa shape index (κ3) is 2.17. The second kappa shape index (κ2) is 4.02. The zero-order valence-electron chi connectivity index (χ0n) is 7.08. The molecule has 0 amide bonds. The average molecular weight is 164 g/mol. The van der Waals surface area contributed by atoms with Gasteiger partial charge in [0.15, 0.2) is 0 Å². The Balaban J connectivity index is 2.97. The van der Waals surface area contributed by atoms with E-state index in [4.69, 9.17) is 5.11 Å². The van der Waals surface area contributed by atoms with Crippen molar-refractivity contribution in [2.24, 2.45) is 0 Å². The summed E-state index contributed by atoms with van der Waals surface area (Å²) in [6.07, 6.45) is 1.44. The number of aryl methyl sites for hydroxylation is 1. The molecule has 64 valence electrons. The van der Waals surface area contributed by atoms with Crippen molar-refractivity contribution in [3.8, 4) is 0 Å². The van der Waals surface area contributed by atoms with Gasteiger partial charge in [-0.3, -0.25) is 4.79 Å². The van der Waals surface area contributed by atoms with Crippen LogP contribution in [0.2, 0.25) is 0 Å². The third-order valence-electron chi connectivity index (χ3n) is 1.70. The molecule has 2 nitrogen and oxygen atoms in total. The predicted molar refractivity (Wildman–Crippen MR) is 47.4 cm³/mol. The SMILES string of the molecule is Cc1cc(C=O)cc(CCO)c1. The normalized spacial score (nSPS) is 9.83. The van der Waals surface area contributed by atoms with Gasteiger partial charge in [-0.25, -0.2) is 0 Å². The zero-order valence-corrected chi connectivity index (χ0v) is 7.08. The number of hydrogen-bond acceptors (Lipinski definition) is 2. The van der Waals surface area contributed by atoms with Crippen LogP contribution in [0, 0.1) is 6.92 Å². The van der Waals surface area contributed by atoms with Crippen LogP contribution in [0.15, 0.2) is 18.2 Å². The summed E-state index contributed by atoms with van der Waals surface area (Å²) in [4.78, 5) is 10.5. The summed E-state index contributed by atoms with van der Waals surface area (Å²) in [5.74, 6) is 0.